The Balaban J connectivity index is 0.00000392. The third-order valence-corrected chi connectivity index (χ3v) is 5.95. The molecule has 0 spiro atoms. The van der Waals surface area contributed by atoms with Crippen molar-refractivity contribution in [2.75, 3.05) is 47.3 Å². The molecule has 0 aromatic heterocycles. The van der Waals surface area contributed by atoms with Crippen molar-refractivity contribution in [2.45, 2.75) is 51.9 Å². The number of hydrogen-bond acceptors (Lipinski definition) is 3. The van der Waals surface area contributed by atoms with Gasteiger partial charge in [-0.1, -0.05) is 12.8 Å². The molecule has 1 aliphatic carbocycles. The van der Waals surface area contributed by atoms with Gasteiger partial charge in [-0.3, -0.25) is 14.6 Å². The molecule has 2 fully saturated rings. The molecule has 0 atom stereocenters. The second-order valence-corrected chi connectivity index (χ2v) is 8.16. The van der Waals surface area contributed by atoms with Crippen LogP contribution in [0.15, 0.2) is 4.99 Å². The molecule has 2 rings (SSSR count). The van der Waals surface area contributed by atoms with E-state index < -0.39 is 0 Å². The van der Waals surface area contributed by atoms with Crippen LogP contribution in [0.2, 0.25) is 0 Å². The SMILES string of the molecule is CCNC(=NCC1(C(=O)N(C)C)CCCC1)N1CCC(CC(=O)NC)CC1.I. The molecular weight excluding hydrogens is 469 g/mol. The summed E-state index contributed by atoms with van der Waals surface area (Å²) in [5.74, 6) is 1.69. The summed E-state index contributed by atoms with van der Waals surface area (Å²) < 4.78 is 0. The lowest BCUT2D eigenvalue weighted by molar-refractivity contribution is -0.138. The zero-order valence-electron chi connectivity index (χ0n) is 17.9. The van der Waals surface area contributed by atoms with Crippen molar-refractivity contribution in [3.8, 4) is 0 Å². The van der Waals surface area contributed by atoms with Crippen molar-refractivity contribution in [3.63, 3.8) is 0 Å². The first-order valence-electron chi connectivity index (χ1n) is 10.4. The van der Waals surface area contributed by atoms with E-state index >= 15 is 0 Å². The fraction of sp³-hybridized carbons (Fsp3) is 0.850. The van der Waals surface area contributed by atoms with Gasteiger partial charge in [0.2, 0.25) is 11.8 Å². The van der Waals surface area contributed by atoms with E-state index in [0.717, 1.165) is 64.1 Å². The van der Waals surface area contributed by atoms with Crippen LogP contribution in [0.1, 0.15) is 51.9 Å². The van der Waals surface area contributed by atoms with Gasteiger partial charge in [-0.05, 0) is 38.5 Å². The van der Waals surface area contributed by atoms with Crippen LogP contribution in [-0.2, 0) is 9.59 Å². The minimum Gasteiger partial charge on any atom is -0.359 e. The molecule has 8 heteroatoms. The van der Waals surface area contributed by atoms with Crippen molar-refractivity contribution in [2.24, 2.45) is 16.3 Å². The summed E-state index contributed by atoms with van der Waals surface area (Å²) in [4.78, 5) is 33.3. The van der Waals surface area contributed by atoms with Crippen molar-refractivity contribution < 1.29 is 9.59 Å². The average molecular weight is 507 g/mol. The molecule has 0 aromatic carbocycles. The number of carbonyl (C=O) groups excluding carboxylic acids is 2. The van der Waals surface area contributed by atoms with Gasteiger partial charge in [0, 0.05) is 47.2 Å². The second-order valence-electron chi connectivity index (χ2n) is 8.16. The van der Waals surface area contributed by atoms with E-state index in [0.29, 0.717) is 18.9 Å². The number of guanidine groups is 1. The van der Waals surface area contributed by atoms with Crippen LogP contribution in [-0.4, -0.2) is 74.9 Å². The highest BCUT2D eigenvalue weighted by Crippen LogP contribution is 2.39. The largest absolute Gasteiger partial charge is 0.359 e. The topological polar surface area (TPSA) is 77.0 Å². The molecule has 0 radical (unpaired) electrons. The monoisotopic (exact) mass is 507 g/mol. The molecule has 1 saturated carbocycles. The molecule has 2 N–H and O–H groups in total. The lowest BCUT2D eigenvalue weighted by Gasteiger charge is -2.35. The van der Waals surface area contributed by atoms with E-state index in [1.54, 1.807) is 11.9 Å². The van der Waals surface area contributed by atoms with Crippen molar-refractivity contribution in [1.82, 2.24) is 20.4 Å². The molecule has 2 aliphatic rings. The maximum absolute atomic E-state index is 12.8. The second kappa shape index (κ2) is 11.8. The van der Waals surface area contributed by atoms with Gasteiger partial charge < -0.3 is 20.4 Å². The van der Waals surface area contributed by atoms with Gasteiger partial charge in [-0.25, -0.2) is 0 Å². The Bertz CT molecular complexity index is 539. The quantitative estimate of drug-likeness (QED) is 0.328. The molecule has 0 aromatic rings. The Morgan fingerprint density at radius 2 is 1.79 bits per heavy atom. The lowest BCUT2D eigenvalue weighted by atomic mass is 9.84. The number of aliphatic imine (C=N–C) groups is 1. The highest BCUT2D eigenvalue weighted by molar-refractivity contribution is 14.0. The van der Waals surface area contributed by atoms with E-state index in [4.69, 9.17) is 4.99 Å². The van der Waals surface area contributed by atoms with Gasteiger partial charge in [-0.2, -0.15) is 0 Å². The fourth-order valence-corrected chi connectivity index (χ4v) is 4.33. The maximum atomic E-state index is 12.8. The Morgan fingerprint density at radius 3 is 2.29 bits per heavy atom. The summed E-state index contributed by atoms with van der Waals surface area (Å²) in [6.07, 6.45) is 6.69. The average Bonchev–Trinajstić information content (AvgIpc) is 3.15. The molecule has 1 saturated heterocycles. The van der Waals surface area contributed by atoms with Crippen molar-refractivity contribution >= 4 is 41.8 Å². The van der Waals surface area contributed by atoms with E-state index in [-0.39, 0.29) is 41.2 Å². The van der Waals surface area contributed by atoms with Gasteiger partial charge in [0.1, 0.15) is 0 Å². The molecule has 7 nitrogen and oxygen atoms in total. The number of halogens is 1. The zero-order chi connectivity index (χ0) is 19.9. The van der Waals surface area contributed by atoms with E-state index in [1.165, 1.54) is 0 Å². The normalized spacial score (nSPS) is 19.7. The Kier molecular flexibility index (Phi) is 10.5. The van der Waals surface area contributed by atoms with Crippen LogP contribution >= 0.6 is 24.0 Å². The number of amides is 2. The minimum atomic E-state index is -0.332. The summed E-state index contributed by atoms with van der Waals surface area (Å²) >= 11 is 0. The summed E-state index contributed by atoms with van der Waals surface area (Å²) in [6, 6.07) is 0. The van der Waals surface area contributed by atoms with Gasteiger partial charge >= 0.3 is 0 Å². The van der Waals surface area contributed by atoms with Crippen LogP contribution in [0.4, 0.5) is 0 Å². The van der Waals surface area contributed by atoms with Gasteiger partial charge in [0.15, 0.2) is 5.96 Å². The van der Waals surface area contributed by atoms with E-state index in [9.17, 15) is 9.59 Å². The predicted octanol–water partition coefficient (Wildman–Crippen LogP) is 2.07. The number of hydrogen-bond donors (Lipinski definition) is 2. The van der Waals surface area contributed by atoms with Crippen molar-refractivity contribution in [1.29, 1.82) is 0 Å². The summed E-state index contributed by atoms with van der Waals surface area (Å²) in [6.45, 7) is 5.25. The first kappa shape index (κ1) is 25.0. The number of likely N-dealkylation sites (tertiary alicyclic amines) is 1. The van der Waals surface area contributed by atoms with Crippen LogP contribution in [0.25, 0.3) is 0 Å². The van der Waals surface area contributed by atoms with Gasteiger partial charge in [-0.15, -0.1) is 24.0 Å². The lowest BCUT2D eigenvalue weighted by Crippen LogP contribution is -2.47. The first-order valence-corrected chi connectivity index (χ1v) is 10.4. The number of nitrogens with one attached hydrogen (secondary N) is 2. The smallest absolute Gasteiger partial charge is 0.230 e. The number of rotatable bonds is 6. The molecule has 2 amide bonds. The third-order valence-electron chi connectivity index (χ3n) is 5.95. The van der Waals surface area contributed by atoms with Crippen LogP contribution in [0.5, 0.6) is 0 Å². The Morgan fingerprint density at radius 1 is 1.18 bits per heavy atom. The minimum absolute atomic E-state index is 0. The molecule has 1 aliphatic heterocycles. The van der Waals surface area contributed by atoms with Crippen molar-refractivity contribution in [3.05, 3.63) is 0 Å². The molecule has 162 valence electrons. The molecule has 0 unspecified atom stereocenters. The maximum Gasteiger partial charge on any atom is 0.230 e. The number of carbonyl (C=O) groups is 2. The van der Waals surface area contributed by atoms with Crippen LogP contribution < -0.4 is 10.6 Å². The molecule has 1 heterocycles. The Hall–Kier alpha value is -1.06. The number of piperidine rings is 1. The highest BCUT2D eigenvalue weighted by Gasteiger charge is 2.42. The molecule has 0 bridgehead atoms. The highest BCUT2D eigenvalue weighted by atomic mass is 127. The standard InChI is InChI=1S/C20H37N5O2.HI/c1-5-22-19(25-12-8-16(9-13-25)14-17(26)21-2)23-15-20(10-6-7-11-20)18(27)24(3)4;/h16H,5-15H2,1-4H3,(H,21,26)(H,22,23);1H. The summed E-state index contributed by atoms with van der Waals surface area (Å²) in [5.41, 5.74) is -0.332. The Labute approximate surface area is 187 Å². The molecular formula is C20H38IN5O2. The van der Waals surface area contributed by atoms with E-state index in [1.807, 2.05) is 14.1 Å². The number of nitrogens with zero attached hydrogens (tertiary/aromatic N) is 3. The van der Waals surface area contributed by atoms with E-state index in [2.05, 4.69) is 22.5 Å². The van der Waals surface area contributed by atoms with Gasteiger partial charge in [0.05, 0.1) is 12.0 Å². The van der Waals surface area contributed by atoms with Crippen LogP contribution in [0.3, 0.4) is 0 Å². The molecule has 28 heavy (non-hydrogen) atoms. The summed E-state index contributed by atoms with van der Waals surface area (Å²) in [7, 11) is 5.38. The summed E-state index contributed by atoms with van der Waals surface area (Å²) in [5, 5.41) is 6.12. The van der Waals surface area contributed by atoms with Gasteiger partial charge in [0.25, 0.3) is 0 Å². The predicted molar refractivity (Wildman–Crippen MR) is 124 cm³/mol. The first-order chi connectivity index (χ1) is 12.9. The third kappa shape index (κ3) is 6.49. The zero-order valence-corrected chi connectivity index (χ0v) is 20.3. The van der Waals surface area contributed by atoms with Crippen LogP contribution in [0, 0.1) is 11.3 Å². The fourth-order valence-electron chi connectivity index (χ4n) is 4.33.